The molecule has 0 aliphatic heterocycles. The molecule has 0 aromatic heterocycles. The molecule has 18 heavy (non-hydrogen) atoms. The molecule has 98 valence electrons. The molecule has 1 unspecified atom stereocenters. The van der Waals surface area contributed by atoms with Crippen molar-refractivity contribution in [2.45, 2.75) is 19.9 Å². The highest BCUT2D eigenvalue weighted by Gasteiger charge is 2.22. The summed E-state index contributed by atoms with van der Waals surface area (Å²) in [6, 6.07) is 3.81. The van der Waals surface area contributed by atoms with Crippen molar-refractivity contribution < 1.29 is 9.47 Å². The van der Waals surface area contributed by atoms with Crippen molar-refractivity contribution in [2.24, 2.45) is 0 Å². The summed E-state index contributed by atoms with van der Waals surface area (Å²) in [5.74, 6) is 1.54. The molecule has 0 saturated carbocycles. The van der Waals surface area contributed by atoms with Crippen molar-refractivity contribution in [3.8, 4) is 17.6 Å². The fourth-order valence-corrected chi connectivity index (χ4v) is 2.04. The molecule has 1 rings (SSSR count). The minimum absolute atomic E-state index is 0.354. The molecule has 0 saturated heterocycles. The van der Waals surface area contributed by atoms with Gasteiger partial charge < -0.3 is 9.47 Å². The molecule has 0 aliphatic carbocycles. The van der Waals surface area contributed by atoms with Crippen LogP contribution >= 0.6 is 0 Å². The zero-order valence-electron chi connectivity index (χ0n) is 11.9. The van der Waals surface area contributed by atoms with Crippen LogP contribution in [0.5, 0.6) is 11.5 Å². The molecular formula is C14H20N2O2. The maximum absolute atomic E-state index is 9.31. The van der Waals surface area contributed by atoms with Gasteiger partial charge in [0.1, 0.15) is 17.5 Å². The predicted molar refractivity (Wildman–Crippen MR) is 71.1 cm³/mol. The largest absolute Gasteiger partial charge is 0.496 e. The minimum Gasteiger partial charge on any atom is -0.496 e. The smallest absolute Gasteiger partial charge is 0.128 e. The summed E-state index contributed by atoms with van der Waals surface area (Å²) in [5.41, 5.74) is 2.88. The molecule has 0 N–H and O–H groups in total. The lowest BCUT2D eigenvalue weighted by atomic mass is 9.98. The van der Waals surface area contributed by atoms with E-state index in [1.54, 1.807) is 14.2 Å². The van der Waals surface area contributed by atoms with E-state index in [4.69, 9.17) is 9.47 Å². The molecule has 0 aliphatic rings. The van der Waals surface area contributed by atoms with Gasteiger partial charge in [0.05, 0.1) is 20.3 Å². The van der Waals surface area contributed by atoms with E-state index in [1.807, 2.05) is 38.9 Å². The molecule has 4 nitrogen and oxygen atoms in total. The van der Waals surface area contributed by atoms with Crippen molar-refractivity contribution in [3.63, 3.8) is 0 Å². The van der Waals surface area contributed by atoms with E-state index in [-0.39, 0.29) is 6.04 Å². The van der Waals surface area contributed by atoms with Crippen molar-refractivity contribution >= 4 is 0 Å². The summed E-state index contributed by atoms with van der Waals surface area (Å²) in [5, 5.41) is 9.31. The second-order valence-electron chi connectivity index (χ2n) is 4.45. The summed E-state index contributed by atoms with van der Waals surface area (Å²) in [7, 11) is 7.00. The molecule has 1 aromatic rings. The molecule has 0 fully saturated rings. The molecule has 1 aromatic carbocycles. The van der Waals surface area contributed by atoms with Crippen LogP contribution in [0.3, 0.4) is 0 Å². The monoisotopic (exact) mass is 248 g/mol. The Balaban J connectivity index is 3.52. The number of hydrogen-bond acceptors (Lipinski definition) is 4. The average molecular weight is 248 g/mol. The molecule has 0 heterocycles. The number of ether oxygens (including phenoxy) is 2. The molecule has 0 bridgehead atoms. The third kappa shape index (κ3) is 2.41. The molecule has 1 atom stereocenters. The van der Waals surface area contributed by atoms with Gasteiger partial charge in [-0.1, -0.05) is 0 Å². The second kappa shape index (κ2) is 5.74. The van der Waals surface area contributed by atoms with Crippen LogP contribution in [0.4, 0.5) is 0 Å². The number of rotatable bonds is 4. The van der Waals surface area contributed by atoms with Gasteiger partial charge in [0.15, 0.2) is 0 Å². The van der Waals surface area contributed by atoms with Crippen molar-refractivity contribution in [2.75, 3.05) is 28.3 Å². The van der Waals surface area contributed by atoms with E-state index < -0.39 is 0 Å². The van der Waals surface area contributed by atoms with Gasteiger partial charge in [-0.05, 0) is 45.1 Å². The lowest BCUT2D eigenvalue weighted by Gasteiger charge is -2.23. The Morgan fingerprint density at radius 2 is 1.78 bits per heavy atom. The highest BCUT2D eigenvalue weighted by molar-refractivity contribution is 5.54. The number of benzene rings is 1. The molecule has 0 radical (unpaired) electrons. The Bertz CT molecular complexity index is 476. The van der Waals surface area contributed by atoms with Crippen LogP contribution in [0.25, 0.3) is 0 Å². The summed E-state index contributed by atoms with van der Waals surface area (Å²) in [6.45, 7) is 3.96. The van der Waals surface area contributed by atoms with Crippen LogP contribution in [0.1, 0.15) is 22.7 Å². The molecule has 0 spiro atoms. The van der Waals surface area contributed by atoms with Gasteiger partial charge in [0, 0.05) is 5.56 Å². The lowest BCUT2D eigenvalue weighted by Crippen LogP contribution is -2.19. The maximum Gasteiger partial charge on any atom is 0.128 e. The number of nitrogens with zero attached hydrogens (tertiary/aromatic N) is 2. The third-order valence-electron chi connectivity index (χ3n) is 3.18. The van der Waals surface area contributed by atoms with Gasteiger partial charge in [-0.3, -0.25) is 4.90 Å². The number of methoxy groups -OCH3 is 2. The van der Waals surface area contributed by atoms with E-state index in [0.29, 0.717) is 0 Å². The zero-order valence-corrected chi connectivity index (χ0v) is 11.9. The normalized spacial score (nSPS) is 12.1. The first-order valence-corrected chi connectivity index (χ1v) is 5.76. The van der Waals surface area contributed by atoms with E-state index in [1.165, 1.54) is 0 Å². The quantitative estimate of drug-likeness (QED) is 0.821. The summed E-state index contributed by atoms with van der Waals surface area (Å²) in [6.07, 6.45) is 0. The fraction of sp³-hybridized carbons (Fsp3) is 0.500. The van der Waals surface area contributed by atoms with Crippen LogP contribution < -0.4 is 9.47 Å². The zero-order chi connectivity index (χ0) is 13.9. The van der Waals surface area contributed by atoms with Crippen LogP contribution in [-0.4, -0.2) is 33.2 Å². The first-order valence-electron chi connectivity index (χ1n) is 5.76. The van der Waals surface area contributed by atoms with E-state index in [2.05, 4.69) is 6.07 Å². The fourth-order valence-electron chi connectivity index (χ4n) is 2.04. The van der Waals surface area contributed by atoms with Gasteiger partial charge in [-0.2, -0.15) is 5.26 Å². The van der Waals surface area contributed by atoms with Crippen LogP contribution in [0.15, 0.2) is 6.07 Å². The van der Waals surface area contributed by atoms with Gasteiger partial charge in [-0.15, -0.1) is 0 Å². The van der Waals surface area contributed by atoms with Gasteiger partial charge in [0.2, 0.25) is 0 Å². The molecule has 0 amide bonds. The van der Waals surface area contributed by atoms with Crippen molar-refractivity contribution in [3.05, 3.63) is 22.8 Å². The van der Waals surface area contributed by atoms with E-state index in [0.717, 1.165) is 28.2 Å². The van der Waals surface area contributed by atoms with Gasteiger partial charge in [-0.25, -0.2) is 0 Å². The maximum atomic E-state index is 9.31. The number of hydrogen-bond donors (Lipinski definition) is 0. The summed E-state index contributed by atoms with van der Waals surface area (Å²) >= 11 is 0. The van der Waals surface area contributed by atoms with E-state index >= 15 is 0 Å². The van der Waals surface area contributed by atoms with Gasteiger partial charge in [0.25, 0.3) is 0 Å². The lowest BCUT2D eigenvalue weighted by molar-refractivity contribution is 0.335. The standard InChI is InChI=1S/C14H20N2O2/c1-9-10(2)14(18-6)11(7-13(9)17-5)12(8-15)16(3)4/h7,12H,1-6H3. The SMILES string of the molecule is COc1cc(C(C#N)N(C)C)c(OC)c(C)c1C. The van der Waals surface area contributed by atoms with E-state index in [9.17, 15) is 5.26 Å². The average Bonchev–Trinajstić information content (AvgIpc) is 2.34. The van der Waals surface area contributed by atoms with Crippen LogP contribution in [-0.2, 0) is 0 Å². The Hall–Kier alpha value is -1.73. The molecule has 4 heteroatoms. The van der Waals surface area contributed by atoms with Crippen LogP contribution in [0, 0.1) is 25.2 Å². The van der Waals surface area contributed by atoms with Crippen molar-refractivity contribution in [1.29, 1.82) is 5.26 Å². The summed E-state index contributed by atoms with van der Waals surface area (Å²) < 4.78 is 10.8. The summed E-state index contributed by atoms with van der Waals surface area (Å²) in [4.78, 5) is 1.85. The third-order valence-corrected chi connectivity index (χ3v) is 3.18. The second-order valence-corrected chi connectivity index (χ2v) is 4.45. The Morgan fingerprint density at radius 1 is 1.17 bits per heavy atom. The minimum atomic E-state index is -0.354. The highest BCUT2D eigenvalue weighted by atomic mass is 16.5. The Labute approximate surface area is 109 Å². The Morgan fingerprint density at radius 3 is 2.17 bits per heavy atom. The topological polar surface area (TPSA) is 45.5 Å². The van der Waals surface area contributed by atoms with Gasteiger partial charge >= 0.3 is 0 Å². The number of nitriles is 1. The first kappa shape index (κ1) is 14.3. The van der Waals surface area contributed by atoms with Crippen molar-refractivity contribution in [1.82, 2.24) is 4.90 Å². The molecular weight excluding hydrogens is 228 g/mol. The predicted octanol–water partition coefficient (Wildman–Crippen LogP) is 2.45. The highest BCUT2D eigenvalue weighted by Crippen LogP contribution is 2.37. The van der Waals surface area contributed by atoms with Crippen LogP contribution in [0.2, 0.25) is 0 Å². The first-order chi connectivity index (χ1) is 8.47. The Kier molecular flexibility index (Phi) is 4.57.